The topological polar surface area (TPSA) is 43.4 Å². The van der Waals surface area contributed by atoms with Crippen LogP contribution in [0.3, 0.4) is 0 Å². The van der Waals surface area contributed by atoms with E-state index >= 15 is 0 Å². The Hall–Kier alpha value is -1.04. The molecule has 1 heterocycles. The number of benzene rings is 1. The summed E-state index contributed by atoms with van der Waals surface area (Å²) >= 11 is 7.33. The van der Waals surface area contributed by atoms with Gasteiger partial charge < -0.3 is 4.74 Å². The molecule has 0 aliphatic carbocycles. The Kier molecular flexibility index (Phi) is 3.94. The SMILES string of the molecule is COc1ccc(CS(=O)(=O)c2ccsc2)cc1Cl. The number of hydrogen-bond acceptors (Lipinski definition) is 4. The zero-order valence-electron chi connectivity index (χ0n) is 9.59. The normalized spacial score (nSPS) is 11.4. The van der Waals surface area contributed by atoms with Crippen LogP contribution in [0.5, 0.6) is 5.75 Å². The molecule has 6 heteroatoms. The van der Waals surface area contributed by atoms with Crippen molar-refractivity contribution in [1.29, 1.82) is 0 Å². The summed E-state index contributed by atoms with van der Waals surface area (Å²) in [4.78, 5) is 0.347. The van der Waals surface area contributed by atoms with Gasteiger partial charge in [0.2, 0.25) is 0 Å². The first-order valence-electron chi connectivity index (χ1n) is 5.10. The quantitative estimate of drug-likeness (QED) is 0.869. The van der Waals surface area contributed by atoms with E-state index in [2.05, 4.69) is 0 Å². The van der Waals surface area contributed by atoms with Crippen molar-refractivity contribution in [3.63, 3.8) is 0 Å². The van der Waals surface area contributed by atoms with Crippen LogP contribution >= 0.6 is 22.9 Å². The van der Waals surface area contributed by atoms with Gasteiger partial charge in [-0.15, -0.1) is 0 Å². The standard InChI is InChI=1S/C12H11ClO3S2/c1-16-12-3-2-9(6-11(12)13)8-18(14,15)10-4-5-17-7-10/h2-7H,8H2,1H3. The van der Waals surface area contributed by atoms with E-state index in [4.69, 9.17) is 16.3 Å². The maximum absolute atomic E-state index is 12.1. The number of halogens is 1. The second-order valence-electron chi connectivity index (χ2n) is 3.69. The Labute approximate surface area is 115 Å². The summed E-state index contributed by atoms with van der Waals surface area (Å²) in [6.07, 6.45) is 0. The van der Waals surface area contributed by atoms with Gasteiger partial charge in [-0.25, -0.2) is 8.42 Å². The maximum atomic E-state index is 12.1. The molecule has 0 spiro atoms. The third-order valence-corrected chi connectivity index (χ3v) is 5.24. The minimum absolute atomic E-state index is 0.0621. The molecule has 0 N–H and O–H groups in total. The molecule has 1 aromatic heterocycles. The van der Waals surface area contributed by atoms with Crippen LogP contribution < -0.4 is 4.74 Å². The summed E-state index contributed by atoms with van der Waals surface area (Å²) < 4.78 is 29.1. The van der Waals surface area contributed by atoms with Crippen molar-refractivity contribution in [3.05, 3.63) is 45.6 Å². The molecule has 0 bridgehead atoms. The van der Waals surface area contributed by atoms with E-state index in [0.29, 0.717) is 21.2 Å². The summed E-state index contributed by atoms with van der Waals surface area (Å²) in [5, 5.41) is 3.78. The van der Waals surface area contributed by atoms with Crippen LogP contribution in [0.15, 0.2) is 39.9 Å². The largest absolute Gasteiger partial charge is 0.495 e. The van der Waals surface area contributed by atoms with E-state index in [0.717, 1.165) is 0 Å². The van der Waals surface area contributed by atoms with Crippen molar-refractivity contribution in [2.24, 2.45) is 0 Å². The summed E-state index contributed by atoms with van der Waals surface area (Å²) in [6, 6.07) is 6.59. The van der Waals surface area contributed by atoms with Crippen LogP contribution in [0, 0.1) is 0 Å². The lowest BCUT2D eigenvalue weighted by Crippen LogP contribution is -2.03. The molecule has 2 aromatic rings. The van der Waals surface area contributed by atoms with Crippen LogP contribution in [-0.4, -0.2) is 15.5 Å². The highest BCUT2D eigenvalue weighted by Crippen LogP contribution is 2.27. The molecule has 18 heavy (non-hydrogen) atoms. The third kappa shape index (κ3) is 2.85. The molecule has 0 radical (unpaired) electrons. The molecule has 0 unspecified atom stereocenters. The van der Waals surface area contributed by atoms with Gasteiger partial charge in [-0.05, 0) is 29.1 Å². The van der Waals surface area contributed by atoms with Gasteiger partial charge in [-0.3, -0.25) is 0 Å². The summed E-state index contributed by atoms with van der Waals surface area (Å²) in [7, 11) is -1.78. The number of rotatable bonds is 4. The first-order chi connectivity index (χ1) is 8.53. The first kappa shape index (κ1) is 13.4. The van der Waals surface area contributed by atoms with Crippen LogP contribution in [0.2, 0.25) is 5.02 Å². The molecule has 3 nitrogen and oxygen atoms in total. The minimum Gasteiger partial charge on any atom is -0.495 e. The molecular formula is C12H11ClO3S2. The number of ether oxygens (including phenoxy) is 1. The number of methoxy groups -OCH3 is 1. The van der Waals surface area contributed by atoms with Gasteiger partial charge in [0, 0.05) is 5.38 Å². The number of thiophene rings is 1. The zero-order chi connectivity index (χ0) is 13.2. The lowest BCUT2D eigenvalue weighted by atomic mass is 10.2. The fraction of sp³-hybridized carbons (Fsp3) is 0.167. The Balaban J connectivity index is 2.27. The van der Waals surface area contributed by atoms with Crippen molar-refractivity contribution in [3.8, 4) is 5.75 Å². The van der Waals surface area contributed by atoms with E-state index in [1.165, 1.54) is 18.4 Å². The van der Waals surface area contributed by atoms with Crippen LogP contribution in [0.25, 0.3) is 0 Å². The van der Waals surface area contributed by atoms with Gasteiger partial charge in [0.05, 0.1) is 22.8 Å². The molecule has 0 atom stereocenters. The van der Waals surface area contributed by atoms with Crippen molar-refractivity contribution in [2.75, 3.05) is 7.11 Å². The molecule has 0 amide bonds. The van der Waals surface area contributed by atoms with Crippen molar-refractivity contribution >= 4 is 32.8 Å². The summed E-state index contributed by atoms with van der Waals surface area (Å²) in [6.45, 7) is 0. The zero-order valence-corrected chi connectivity index (χ0v) is 12.0. The Morgan fingerprint density at radius 1 is 1.33 bits per heavy atom. The molecule has 0 fully saturated rings. The van der Waals surface area contributed by atoms with Gasteiger partial charge >= 0.3 is 0 Å². The second kappa shape index (κ2) is 5.30. The highest BCUT2D eigenvalue weighted by molar-refractivity contribution is 7.90. The Bertz CT molecular complexity index is 633. The predicted octanol–water partition coefficient (Wildman–Crippen LogP) is 3.38. The number of sulfone groups is 1. The first-order valence-corrected chi connectivity index (χ1v) is 8.07. The van der Waals surface area contributed by atoms with E-state index < -0.39 is 9.84 Å². The lowest BCUT2D eigenvalue weighted by Gasteiger charge is -2.06. The van der Waals surface area contributed by atoms with E-state index in [1.54, 1.807) is 35.0 Å². The Morgan fingerprint density at radius 2 is 2.11 bits per heavy atom. The summed E-state index contributed by atoms with van der Waals surface area (Å²) in [5.74, 6) is 0.473. The fourth-order valence-corrected chi connectivity index (χ4v) is 4.23. The van der Waals surface area contributed by atoms with Gasteiger partial charge in [-0.1, -0.05) is 17.7 Å². The molecule has 96 valence electrons. The van der Waals surface area contributed by atoms with Crippen molar-refractivity contribution in [1.82, 2.24) is 0 Å². The Morgan fingerprint density at radius 3 is 2.67 bits per heavy atom. The van der Waals surface area contributed by atoms with Gasteiger partial charge in [0.15, 0.2) is 9.84 Å². The lowest BCUT2D eigenvalue weighted by molar-refractivity contribution is 0.415. The molecule has 0 saturated heterocycles. The average molecular weight is 303 g/mol. The molecule has 2 rings (SSSR count). The molecule has 0 aliphatic heterocycles. The van der Waals surface area contributed by atoms with Gasteiger partial charge in [0.1, 0.15) is 5.75 Å². The highest BCUT2D eigenvalue weighted by atomic mass is 35.5. The smallest absolute Gasteiger partial charge is 0.183 e. The van der Waals surface area contributed by atoms with E-state index in [9.17, 15) is 8.42 Å². The van der Waals surface area contributed by atoms with E-state index in [-0.39, 0.29) is 5.75 Å². The fourth-order valence-electron chi connectivity index (χ4n) is 1.53. The minimum atomic E-state index is -3.30. The van der Waals surface area contributed by atoms with Crippen LogP contribution in [0.1, 0.15) is 5.56 Å². The molecule has 1 aromatic carbocycles. The highest BCUT2D eigenvalue weighted by Gasteiger charge is 2.16. The summed E-state index contributed by atoms with van der Waals surface area (Å²) in [5.41, 5.74) is 0.645. The maximum Gasteiger partial charge on any atom is 0.183 e. The third-order valence-electron chi connectivity index (χ3n) is 2.43. The predicted molar refractivity (Wildman–Crippen MR) is 73.2 cm³/mol. The van der Waals surface area contributed by atoms with Crippen LogP contribution in [0.4, 0.5) is 0 Å². The molecular weight excluding hydrogens is 292 g/mol. The van der Waals surface area contributed by atoms with Crippen LogP contribution in [-0.2, 0) is 15.6 Å². The van der Waals surface area contributed by atoms with E-state index in [1.807, 2.05) is 0 Å². The monoisotopic (exact) mass is 302 g/mol. The second-order valence-corrected chi connectivity index (χ2v) is 6.86. The van der Waals surface area contributed by atoms with Crippen molar-refractivity contribution in [2.45, 2.75) is 10.6 Å². The number of hydrogen-bond donors (Lipinski definition) is 0. The van der Waals surface area contributed by atoms with Gasteiger partial charge in [-0.2, -0.15) is 11.3 Å². The molecule has 0 saturated carbocycles. The average Bonchev–Trinajstić information content (AvgIpc) is 2.82. The molecule has 0 aliphatic rings. The van der Waals surface area contributed by atoms with Gasteiger partial charge in [0.25, 0.3) is 0 Å². The van der Waals surface area contributed by atoms with Crippen molar-refractivity contribution < 1.29 is 13.2 Å².